The van der Waals surface area contributed by atoms with Gasteiger partial charge in [-0.3, -0.25) is 16.0 Å². The number of hydrogen-bond donors (Lipinski definition) is 2. The summed E-state index contributed by atoms with van der Waals surface area (Å²) in [5, 5.41) is 4.52. The molecule has 4 nitrogen and oxygen atoms in total. The zero-order valence-corrected chi connectivity index (χ0v) is 15.3. The van der Waals surface area contributed by atoms with Gasteiger partial charge in [-0.25, -0.2) is 0 Å². The van der Waals surface area contributed by atoms with Crippen LogP contribution in [0.3, 0.4) is 0 Å². The van der Waals surface area contributed by atoms with Crippen molar-refractivity contribution in [2.45, 2.75) is 25.8 Å². The Kier molecular flexibility index (Phi) is 5.59. The Balaban J connectivity index is 2.26. The second-order valence-corrected chi connectivity index (χ2v) is 6.70. The number of nitrogens with two attached hydrogens (primary N) is 1. The van der Waals surface area contributed by atoms with Crippen molar-refractivity contribution in [3.05, 3.63) is 49.3 Å². The molecule has 20 heavy (non-hydrogen) atoms. The highest BCUT2D eigenvalue weighted by Gasteiger charge is 2.18. The number of nitrogens with zero attached hydrogens (tertiary/aromatic N) is 2. The average Bonchev–Trinajstić information content (AvgIpc) is 2.72. The number of benzene rings is 1. The summed E-state index contributed by atoms with van der Waals surface area (Å²) in [6.07, 6.45) is 1.71. The Hall–Kier alpha value is -0.440. The van der Waals surface area contributed by atoms with Crippen molar-refractivity contribution in [1.29, 1.82) is 0 Å². The fourth-order valence-corrected chi connectivity index (χ4v) is 3.34. The molecule has 0 saturated carbocycles. The highest BCUT2D eigenvalue weighted by molar-refractivity contribution is 14.1. The summed E-state index contributed by atoms with van der Waals surface area (Å²) < 4.78 is 4.24. The SMILES string of the molecule is CCc1nn(C)c(CC(NN)c2ccc(I)cc2)c1Br. The fraction of sp³-hybridized carbons (Fsp3) is 0.357. The Bertz CT molecular complexity index is 580. The van der Waals surface area contributed by atoms with E-state index in [-0.39, 0.29) is 6.04 Å². The smallest absolute Gasteiger partial charge is 0.0766 e. The molecule has 1 atom stereocenters. The highest BCUT2D eigenvalue weighted by atomic mass is 127. The lowest BCUT2D eigenvalue weighted by atomic mass is 10.0. The molecule has 0 aliphatic carbocycles. The molecule has 0 fully saturated rings. The van der Waals surface area contributed by atoms with Crippen LogP contribution < -0.4 is 11.3 Å². The van der Waals surface area contributed by atoms with E-state index in [1.54, 1.807) is 0 Å². The first-order chi connectivity index (χ1) is 9.56. The Labute approximate surface area is 141 Å². The predicted molar refractivity (Wildman–Crippen MR) is 93.2 cm³/mol. The second kappa shape index (κ2) is 7.02. The molecule has 1 aromatic heterocycles. The minimum Gasteiger partial charge on any atom is -0.271 e. The number of hydrazine groups is 1. The van der Waals surface area contributed by atoms with Crippen molar-refractivity contribution >= 4 is 38.5 Å². The lowest BCUT2D eigenvalue weighted by Crippen LogP contribution is -2.30. The molecule has 0 spiro atoms. The molecule has 0 bridgehead atoms. The monoisotopic (exact) mass is 448 g/mol. The molecule has 0 amide bonds. The standard InChI is InChI=1S/C14H18BrIN4/c1-3-11-14(15)13(20(2)19-11)8-12(18-17)9-4-6-10(16)7-5-9/h4-7,12,18H,3,8,17H2,1-2H3. The van der Waals surface area contributed by atoms with Gasteiger partial charge >= 0.3 is 0 Å². The van der Waals surface area contributed by atoms with E-state index in [9.17, 15) is 0 Å². The summed E-state index contributed by atoms with van der Waals surface area (Å²) in [5.74, 6) is 5.73. The van der Waals surface area contributed by atoms with Gasteiger partial charge in [0.25, 0.3) is 0 Å². The number of rotatable bonds is 5. The first kappa shape index (κ1) is 15.9. The van der Waals surface area contributed by atoms with Gasteiger partial charge in [0.2, 0.25) is 0 Å². The summed E-state index contributed by atoms with van der Waals surface area (Å²) in [6.45, 7) is 2.11. The van der Waals surface area contributed by atoms with Crippen molar-refractivity contribution in [3.63, 3.8) is 0 Å². The van der Waals surface area contributed by atoms with Crippen molar-refractivity contribution in [1.82, 2.24) is 15.2 Å². The summed E-state index contributed by atoms with van der Waals surface area (Å²) >= 11 is 5.95. The number of halogens is 2. The van der Waals surface area contributed by atoms with E-state index in [2.05, 4.69) is 80.2 Å². The van der Waals surface area contributed by atoms with Gasteiger partial charge in [-0.1, -0.05) is 19.1 Å². The molecule has 6 heteroatoms. The third-order valence-corrected chi connectivity index (χ3v) is 5.01. The predicted octanol–water partition coefficient (Wildman–Crippen LogP) is 3.10. The molecule has 0 aliphatic heterocycles. The molecule has 108 valence electrons. The van der Waals surface area contributed by atoms with Crippen LogP contribution in [0, 0.1) is 3.57 Å². The molecule has 3 N–H and O–H groups in total. The Morgan fingerprint density at radius 1 is 1.40 bits per heavy atom. The van der Waals surface area contributed by atoms with Crippen LogP contribution in [0.5, 0.6) is 0 Å². The quantitative estimate of drug-likeness (QED) is 0.419. The van der Waals surface area contributed by atoms with Gasteiger partial charge in [-0.2, -0.15) is 5.10 Å². The molecule has 0 radical (unpaired) electrons. The van der Waals surface area contributed by atoms with Crippen molar-refractivity contribution in [2.75, 3.05) is 0 Å². The first-order valence-corrected chi connectivity index (χ1v) is 8.35. The van der Waals surface area contributed by atoms with Crippen LogP contribution in [0.25, 0.3) is 0 Å². The second-order valence-electron chi connectivity index (χ2n) is 4.66. The van der Waals surface area contributed by atoms with Crippen molar-refractivity contribution in [2.24, 2.45) is 12.9 Å². The van der Waals surface area contributed by atoms with Gasteiger partial charge in [0.15, 0.2) is 0 Å². The van der Waals surface area contributed by atoms with E-state index < -0.39 is 0 Å². The third kappa shape index (κ3) is 3.41. The summed E-state index contributed by atoms with van der Waals surface area (Å²) in [5.41, 5.74) is 6.32. The van der Waals surface area contributed by atoms with Gasteiger partial charge in [-0.05, 0) is 62.6 Å². The highest BCUT2D eigenvalue weighted by Crippen LogP contribution is 2.26. The molecule has 1 unspecified atom stereocenters. The number of aryl methyl sites for hydroxylation is 2. The fourth-order valence-electron chi connectivity index (χ4n) is 2.20. The van der Waals surface area contributed by atoms with Crippen LogP contribution in [0.4, 0.5) is 0 Å². The Morgan fingerprint density at radius 3 is 2.55 bits per heavy atom. The summed E-state index contributed by atoms with van der Waals surface area (Å²) in [6, 6.07) is 8.48. The Morgan fingerprint density at radius 2 is 2.05 bits per heavy atom. The summed E-state index contributed by atoms with van der Waals surface area (Å²) in [7, 11) is 1.97. The third-order valence-electron chi connectivity index (χ3n) is 3.37. The van der Waals surface area contributed by atoms with Gasteiger partial charge in [0, 0.05) is 17.0 Å². The summed E-state index contributed by atoms with van der Waals surface area (Å²) in [4.78, 5) is 0. The first-order valence-electron chi connectivity index (χ1n) is 6.48. The van der Waals surface area contributed by atoms with Gasteiger partial charge in [-0.15, -0.1) is 0 Å². The number of aromatic nitrogens is 2. The van der Waals surface area contributed by atoms with E-state index in [1.807, 2.05) is 11.7 Å². The number of hydrogen-bond acceptors (Lipinski definition) is 3. The maximum absolute atomic E-state index is 5.73. The van der Waals surface area contributed by atoms with E-state index in [0.717, 1.165) is 28.7 Å². The van der Waals surface area contributed by atoms with E-state index >= 15 is 0 Å². The largest absolute Gasteiger partial charge is 0.271 e. The molecule has 0 aliphatic rings. The van der Waals surface area contributed by atoms with Gasteiger partial charge in [0.1, 0.15) is 0 Å². The number of nitrogens with one attached hydrogen (secondary N) is 1. The van der Waals surface area contributed by atoms with Crippen LogP contribution in [0.1, 0.15) is 29.9 Å². The maximum Gasteiger partial charge on any atom is 0.0766 e. The molecule has 1 heterocycles. The maximum atomic E-state index is 5.73. The minimum absolute atomic E-state index is 0.0726. The van der Waals surface area contributed by atoms with Crippen LogP contribution >= 0.6 is 38.5 Å². The molecule has 1 aromatic carbocycles. The zero-order valence-electron chi connectivity index (χ0n) is 11.5. The molecule has 2 rings (SSSR count). The lowest BCUT2D eigenvalue weighted by Gasteiger charge is -2.17. The van der Waals surface area contributed by atoms with Crippen molar-refractivity contribution in [3.8, 4) is 0 Å². The van der Waals surface area contributed by atoms with Crippen molar-refractivity contribution < 1.29 is 0 Å². The molecule has 2 aromatic rings. The van der Waals surface area contributed by atoms with Gasteiger partial charge in [0.05, 0.1) is 21.9 Å². The van der Waals surface area contributed by atoms with E-state index in [0.29, 0.717) is 0 Å². The minimum atomic E-state index is 0.0726. The van der Waals surface area contributed by atoms with Crippen LogP contribution in [0.2, 0.25) is 0 Å². The topological polar surface area (TPSA) is 55.9 Å². The van der Waals surface area contributed by atoms with Crippen LogP contribution in [0.15, 0.2) is 28.7 Å². The van der Waals surface area contributed by atoms with E-state index in [4.69, 9.17) is 5.84 Å². The van der Waals surface area contributed by atoms with E-state index in [1.165, 1.54) is 9.13 Å². The van der Waals surface area contributed by atoms with Gasteiger partial charge < -0.3 is 0 Å². The lowest BCUT2D eigenvalue weighted by molar-refractivity contribution is 0.529. The molecule has 0 saturated heterocycles. The molecular formula is C14H18BrIN4. The average molecular weight is 449 g/mol. The normalized spacial score (nSPS) is 12.7. The zero-order chi connectivity index (χ0) is 14.7. The van der Waals surface area contributed by atoms with Crippen LogP contribution in [-0.4, -0.2) is 9.78 Å². The molecular weight excluding hydrogens is 431 g/mol. The van der Waals surface area contributed by atoms with Crippen LogP contribution in [-0.2, 0) is 19.9 Å².